The van der Waals surface area contributed by atoms with Gasteiger partial charge < -0.3 is 0 Å². The highest BCUT2D eigenvalue weighted by Gasteiger charge is 2.10. The summed E-state index contributed by atoms with van der Waals surface area (Å²) >= 11 is 0. The minimum atomic E-state index is -0.973. The molecule has 3 aromatic rings. The monoisotopic (exact) mass is 417 g/mol. The molecule has 152 valence electrons. The Bertz CT molecular complexity index is 1250. The molecule has 0 unspecified atom stereocenters. The van der Waals surface area contributed by atoms with E-state index in [1.807, 2.05) is 6.92 Å². The van der Waals surface area contributed by atoms with Gasteiger partial charge in [-0.3, -0.25) is 0 Å². The van der Waals surface area contributed by atoms with Gasteiger partial charge in [0.05, 0.1) is 5.56 Å². The van der Waals surface area contributed by atoms with E-state index in [0.29, 0.717) is 23.1 Å². The van der Waals surface area contributed by atoms with Crippen molar-refractivity contribution in [2.45, 2.75) is 19.8 Å². The van der Waals surface area contributed by atoms with Crippen LogP contribution in [0.4, 0.5) is 17.6 Å². The van der Waals surface area contributed by atoms with E-state index in [1.54, 1.807) is 24.3 Å². The largest absolute Gasteiger partial charge is 0.206 e. The molecule has 0 saturated heterocycles. The standard InChI is InChI=1S/C26H15F4N/c1-2-3-19-12-23(27)21(24(28)13-19)11-10-18-6-4-17(5-7-18)8-9-20-14-25(29)22(16-31)26(30)15-20/h4-7,12-15H,2-3H2,1H3. The molecular weight excluding hydrogens is 402 g/mol. The van der Waals surface area contributed by atoms with E-state index < -0.39 is 28.8 Å². The average Bonchev–Trinajstić information content (AvgIpc) is 2.72. The van der Waals surface area contributed by atoms with E-state index in [0.717, 1.165) is 18.6 Å². The van der Waals surface area contributed by atoms with E-state index in [9.17, 15) is 17.6 Å². The molecule has 0 aromatic heterocycles. The molecule has 0 heterocycles. The van der Waals surface area contributed by atoms with E-state index in [2.05, 4.69) is 23.7 Å². The summed E-state index contributed by atoms with van der Waals surface area (Å²) in [7, 11) is 0. The van der Waals surface area contributed by atoms with Gasteiger partial charge in [0.15, 0.2) is 0 Å². The van der Waals surface area contributed by atoms with Crippen LogP contribution in [0, 0.1) is 58.3 Å². The van der Waals surface area contributed by atoms with Crippen LogP contribution in [-0.4, -0.2) is 0 Å². The van der Waals surface area contributed by atoms with E-state index in [-0.39, 0.29) is 11.1 Å². The number of hydrogen-bond donors (Lipinski definition) is 0. The Morgan fingerprint density at radius 3 is 1.58 bits per heavy atom. The summed E-state index contributed by atoms with van der Waals surface area (Å²) in [6.45, 7) is 1.93. The van der Waals surface area contributed by atoms with E-state index >= 15 is 0 Å². The van der Waals surface area contributed by atoms with Crippen LogP contribution in [0.1, 0.15) is 46.7 Å². The second-order valence-electron chi connectivity index (χ2n) is 6.69. The Labute approximate surface area is 178 Å². The van der Waals surface area contributed by atoms with E-state index in [1.165, 1.54) is 18.2 Å². The minimum absolute atomic E-state index is 0.0929. The molecule has 0 aliphatic heterocycles. The predicted molar refractivity (Wildman–Crippen MR) is 110 cm³/mol. The fraction of sp³-hybridized carbons (Fsp3) is 0.115. The molecule has 0 fully saturated rings. The van der Waals surface area contributed by atoms with Gasteiger partial charge in [-0.2, -0.15) is 5.26 Å². The molecule has 5 heteroatoms. The third-order valence-corrected chi connectivity index (χ3v) is 4.36. The first-order valence-corrected chi connectivity index (χ1v) is 9.42. The van der Waals surface area contributed by atoms with Crippen LogP contribution in [0.25, 0.3) is 0 Å². The molecule has 0 radical (unpaired) electrons. The summed E-state index contributed by atoms with van der Waals surface area (Å²) in [5, 5.41) is 8.69. The number of benzene rings is 3. The number of aryl methyl sites for hydroxylation is 1. The molecule has 3 aromatic carbocycles. The zero-order chi connectivity index (χ0) is 22.4. The van der Waals surface area contributed by atoms with Crippen molar-refractivity contribution < 1.29 is 17.6 Å². The molecular formula is C26H15F4N. The summed E-state index contributed by atoms with van der Waals surface area (Å²) in [5.41, 5.74) is 0.827. The van der Waals surface area contributed by atoms with Crippen molar-refractivity contribution in [2.24, 2.45) is 0 Å². The maximum atomic E-state index is 14.1. The Kier molecular flexibility index (Phi) is 6.76. The number of nitrogens with zero attached hydrogens (tertiary/aromatic N) is 1. The van der Waals surface area contributed by atoms with Crippen molar-refractivity contribution in [3.8, 4) is 29.8 Å². The normalized spacial score (nSPS) is 9.81. The van der Waals surface area contributed by atoms with Crippen molar-refractivity contribution in [2.75, 3.05) is 0 Å². The average molecular weight is 417 g/mol. The second-order valence-corrected chi connectivity index (χ2v) is 6.69. The zero-order valence-electron chi connectivity index (χ0n) is 16.5. The molecule has 0 aliphatic rings. The molecule has 31 heavy (non-hydrogen) atoms. The Morgan fingerprint density at radius 2 is 1.10 bits per heavy atom. The molecule has 0 aliphatic carbocycles. The highest BCUT2D eigenvalue weighted by Crippen LogP contribution is 2.16. The number of hydrogen-bond acceptors (Lipinski definition) is 1. The number of halogens is 4. The van der Waals surface area contributed by atoms with Gasteiger partial charge in [0.1, 0.15) is 34.9 Å². The van der Waals surface area contributed by atoms with Crippen LogP contribution in [0.2, 0.25) is 0 Å². The summed E-state index contributed by atoms with van der Waals surface area (Å²) in [4.78, 5) is 0. The van der Waals surface area contributed by atoms with Gasteiger partial charge >= 0.3 is 0 Å². The lowest BCUT2D eigenvalue weighted by atomic mass is 10.1. The third kappa shape index (κ3) is 5.33. The van der Waals surface area contributed by atoms with Gasteiger partial charge in [-0.1, -0.05) is 37.0 Å². The molecule has 0 N–H and O–H groups in total. The van der Waals surface area contributed by atoms with Crippen LogP contribution in [0.3, 0.4) is 0 Å². The maximum Gasteiger partial charge on any atom is 0.145 e. The van der Waals surface area contributed by atoms with Crippen LogP contribution >= 0.6 is 0 Å². The van der Waals surface area contributed by atoms with Gasteiger partial charge in [-0.25, -0.2) is 17.6 Å². The van der Waals surface area contributed by atoms with Crippen molar-refractivity contribution >= 4 is 0 Å². The first-order chi connectivity index (χ1) is 14.9. The van der Waals surface area contributed by atoms with Gasteiger partial charge in [0, 0.05) is 16.7 Å². The number of rotatable bonds is 2. The summed E-state index contributed by atoms with van der Waals surface area (Å²) in [6.07, 6.45) is 1.38. The molecule has 0 atom stereocenters. The molecule has 0 spiro atoms. The number of nitriles is 1. The Morgan fingerprint density at radius 1 is 0.645 bits per heavy atom. The first-order valence-electron chi connectivity index (χ1n) is 9.42. The van der Waals surface area contributed by atoms with Crippen LogP contribution in [-0.2, 0) is 6.42 Å². The topological polar surface area (TPSA) is 23.8 Å². The van der Waals surface area contributed by atoms with Crippen LogP contribution in [0.5, 0.6) is 0 Å². The maximum absolute atomic E-state index is 14.1. The lowest BCUT2D eigenvalue weighted by Crippen LogP contribution is -1.94. The van der Waals surface area contributed by atoms with Gasteiger partial charge in [-0.05, 0) is 60.5 Å². The summed E-state index contributed by atoms with van der Waals surface area (Å²) < 4.78 is 55.5. The zero-order valence-corrected chi connectivity index (χ0v) is 16.5. The highest BCUT2D eigenvalue weighted by molar-refractivity contribution is 5.49. The quantitative estimate of drug-likeness (QED) is 0.378. The van der Waals surface area contributed by atoms with Gasteiger partial charge in [-0.15, -0.1) is 0 Å². The fourth-order valence-electron chi connectivity index (χ4n) is 2.85. The molecule has 0 bridgehead atoms. The Hall–Kier alpha value is -4.01. The minimum Gasteiger partial charge on any atom is -0.206 e. The molecule has 1 nitrogen and oxygen atoms in total. The smallest absolute Gasteiger partial charge is 0.145 e. The Balaban J connectivity index is 1.79. The van der Waals surface area contributed by atoms with Crippen molar-refractivity contribution in [1.82, 2.24) is 0 Å². The molecule has 0 amide bonds. The van der Waals surface area contributed by atoms with Crippen molar-refractivity contribution in [3.05, 3.63) is 105 Å². The fourth-order valence-corrected chi connectivity index (χ4v) is 2.85. The second kappa shape index (κ2) is 9.66. The van der Waals surface area contributed by atoms with E-state index in [4.69, 9.17) is 5.26 Å². The van der Waals surface area contributed by atoms with Crippen LogP contribution in [0.15, 0.2) is 48.5 Å². The lowest BCUT2D eigenvalue weighted by molar-refractivity contribution is 0.573. The van der Waals surface area contributed by atoms with Gasteiger partial charge in [0.25, 0.3) is 0 Å². The van der Waals surface area contributed by atoms with Crippen molar-refractivity contribution in [1.29, 1.82) is 5.26 Å². The highest BCUT2D eigenvalue weighted by atomic mass is 19.1. The van der Waals surface area contributed by atoms with Crippen LogP contribution < -0.4 is 0 Å². The lowest BCUT2D eigenvalue weighted by Gasteiger charge is -2.02. The summed E-state index contributed by atoms with van der Waals surface area (Å²) in [5.74, 6) is 7.29. The summed E-state index contributed by atoms with van der Waals surface area (Å²) in [6, 6.07) is 12.5. The predicted octanol–water partition coefficient (Wildman–Crippen LogP) is 5.87. The SMILES string of the molecule is CCCc1cc(F)c(C#Cc2ccc(C#Cc3cc(F)c(C#N)c(F)c3)cc2)c(F)c1. The molecule has 0 saturated carbocycles. The van der Waals surface area contributed by atoms with Crippen molar-refractivity contribution in [3.63, 3.8) is 0 Å². The van der Waals surface area contributed by atoms with Gasteiger partial charge in [0.2, 0.25) is 0 Å². The third-order valence-electron chi connectivity index (χ3n) is 4.36. The first kappa shape index (κ1) is 21.7. The molecule has 3 rings (SSSR count).